The van der Waals surface area contributed by atoms with E-state index in [9.17, 15) is 4.79 Å². The predicted octanol–water partition coefficient (Wildman–Crippen LogP) is 1.12. The molecular formula is C14H18N4O. The van der Waals surface area contributed by atoms with Crippen LogP contribution in [0.15, 0.2) is 36.5 Å². The fourth-order valence-corrected chi connectivity index (χ4v) is 1.87. The predicted molar refractivity (Wildman–Crippen MR) is 74.3 cm³/mol. The highest BCUT2D eigenvalue weighted by Crippen LogP contribution is 2.11. The molecule has 0 spiro atoms. The molecule has 0 aliphatic rings. The monoisotopic (exact) mass is 258 g/mol. The standard InChI is InChI=1S/C14H18N4O/c1-10(15)9-11-3-5-12(6-4-11)18-8-7-13(17-18)14(19)16-2/h3-8,10H,9,15H2,1-2H3,(H,16,19). The Morgan fingerprint density at radius 1 is 1.37 bits per heavy atom. The fraction of sp³-hybridized carbons (Fsp3) is 0.286. The number of hydrogen-bond donors (Lipinski definition) is 2. The van der Waals surface area contributed by atoms with Crippen LogP contribution < -0.4 is 11.1 Å². The summed E-state index contributed by atoms with van der Waals surface area (Å²) >= 11 is 0. The molecule has 0 fully saturated rings. The maximum absolute atomic E-state index is 11.4. The van der Waals surface area contributed by atoms with Gasteiger partial charge in [-0.1, -0.05) is 12.1 Å². The van der Waals surface area contributed by atoms with Crippen molar-refractivity contribution >= 4 is 5.91 Å². The van der Waals surface area contributed by atoms with Gasteiger partial charge in [0, 0.05) is 19.3 Å². The molecule has 0 aliphatic carbocycles. The van der Waals surface area contributed by atoms with Crippen LogP contribution in [0.4, 0.5) is 0 Å². The van der Waals surface area contributed by atoms with Crippen LogP contribution in [0.25, 0.3) is 5.69 Å². The van der Waals surface area contributed by atoms with Gasteiger partial charge >= 0.3 is 0 Å². The second kappa shape index (κ2) is 5.67. The average molecular weight is 258 g/mol. The molecule has 0 saturated carbocycles. The molecular weight excluding hydrogens is 240 g/mol. The summed E-state index contributed by atoms with van der Waals surface area (Å²) in [6, 6.07) is 9.83. The van der Waals surface area contributed by atoms with E-state index in [4.69, 9.17) is 5.73 Å². The number of benzene rings is 1. The number of nitrogens with one attached hydrogen (secondary N) is 1. The minimum Gasteiger partial charge on any atom is -0.354 e. The molecule has 1 unspecified atom stereocenters. The van der Waals surface area contributed by atoms with Gasteiger partial charge in [-0.25, -0.2) is 4.68 Å². The quantitative estimate of drug-likeness (QED) is 0.863. The molecule has 2 rings (SSSR count). The van der Waals surface area contributed by atoms with Crippen molar-refractivity contribution in [3.63, 3.8) is 0 Å². The highest BCUT2D eigenvalue weighted by Gasteiger charge is 2.07. The highest BCUT2D eigenvalue weighted by molar-refractivity contribution is 5.91. The smallest absolute Gasteiger partial charge is 0.271 e. The minimum absolute atomic E-state index is 0.149. The Hall–Kier alpha value is -2.14. The second-order valence-corrected chi connectivity index (χ2v) is 4.57. The number of nitrogens with zero attached hydrogens (tertiary/aromatic N) is 2. The Morgan fingerprint density at radius 3 is 2.63 bits per heavy atom. The Morgan fingerprint density at radius 2 is 2.05 bits per heavy atom. The van der Waals surface area contributed by atoms with Gasteiger partial charge in [-0.15, -0.1) is 0 Å². The topological polar surface area (TPSA) is 72.9 Å². The summed E-state index contributed by atoms with van der Waals surface area (Å²) in [7, 11) is 1.59. The number of nitrogens with two attached hydrogens (primary N) is 1. The number of amides is 1. The van der Waals surface area contributed by atoms with Gasteiger partial charge in [0.25, 0.3) is 5.91 Å². The van der Waals surface area contributed by atoms with Crippen LogP contribution in [-0.4, -0.2) is 28.8 Å². The van der Waals surface area contributed by atoms with Crippen molar-refractivity contribution < 1.29 is 4.79 Å². The third-order valence-corrected chi connectivity index (χ3v) is 2.81. The first-order chi connectivity index (χ1) is 9.10. The molecule has 5 heteroatoms. The van der Waals surface area contributed by atoms with Crippen molar-refractivity contribution in [1.82, 2.24) is 15.1 Å². The summed E-state index contributed by atoms with van der Waals surface area (Å²) in [4.78, 5) is 11.4. The zero-order valence-corrected chi connectivity index (χ0v) is 11.1. The van der Waals surface area contributed by atoms with E-state index in [1.54, 1.807) is 24.0 Å². The fourth-order valence-electron chi connectivity index (χ4n) is 1.87. The molecule has 1 aromatic heterocycles. The van der Waals surface area contributed by atoms with Crippen LogP contribution in [0.5, 0.6) is 0 Å². The number of carbonyl (C=O) groups excluding carboxylic acids is 1. The van der Waals surface area contributed by atoms with Gasteiger partial charge in [0.15, 0.2) is 5.69 Å². The lowest BCUT2D eigenvalue weighted by Crippen LogP contribution is -2.18. The lowest BCUT2D eigenvalue weighted by Gasteiger charge is -2.06. The van der Waals surface area contributed by atoms with E-state index >= 15 is 0 Å². The zero-order chi connectivity index (χ0) is 13.8. The van der Waals surface area contributed by atoms with Crippen LogP contribution in [-0.2, 0) is 6.42 Å². The van der Waals surface area contributed by atoms with Gasteiger partial charge in [-0.3, -0.25) is 4.79 Å². The summed E-state index contributed by atoms with van der Waals surface area (Å²) in [5, 5.41) is 6.77. The van der Waals surface area contributed by atoms with Gasteiger partial charge in [-0.05, 0) is 37.1 Å². The molecule has 100 valence electrons. The largest absolute Gasteiger partial charge is 0.354 e. The third kappa shape index (κ3) is 3.20. The molecule has 5 nitrogen and oxygen atoms in total. The number of hydrogen-bond acceptors (Lipinski definition) is 3. The average Bonchev–Trinajstić information content (AvgIpc) is 2.87. The van der Waals surface area contributed by atoms with Crippen LogP contribution in [0, 0.1) is 0 Å². The maximum Gasteiger partial charge on any atom is 0.271 e. The molecule has 3 N–H and O–H groups in total. The Labute approximate surface area is 112 Å². The van der Waals surface area contributed by atoms with E-state index in [1.165, 1.54) is 5.56 Å². The number of aromatic nitrogens is 2. The van der Waals surface area contributed by atoms with Gasteiger partial charge in [0.05, 0.1) is 5.69 Å². The van der Waals surface area contributed by atoms with Crippen LogP contribution >= 0.6 is 0 Å². The van der Waals surface area contributed by atoms with Crippen molar-refractivity contribution in [3.05, 3.63) is 47.8 Å². The first-order valence-electron chi connectivity index (χ1n) is 6.23. The molecule has 0 radical (unpaired) electrons. The van der Waals surface area contributed by atoms with E-state index in [2.05, 4.69) is 10.4 Å². The van der Waals surface area contributed by atoms with Crippen LogP contribution in [0.1, 0.15) is 23.0 Å². The lowest BCUT2D eigenvalue weighted by molar-refractivity contribution is 0.0957. The Balaban J connectivity index is 2.18. The molecule has 1 aromatic carbocycles. The van der Waals surface area contributed by atoms with Crippen molar-refractivity contribution in [2.75, 3.05) is 7.05 Å². The molecule has 19 heavy (non-hydrogen) atoms. The molecule has 0 bridgehead atoms. The Bertz CT molecular complexity index is 557. The van der Waals surface area contributed by atoms with Crippen LogP contribution in [0.3, 0.4) is 0 Å². The molecule has 1 amide bonds. The molecule has 1 heterocycles. The maximum atomic E-state index is 11.4. The third-order valence-electron chi connectivity index (χ3n) is 2.81. The van der Waals surface area contributed by atoms with Gasteiger partial charge in [-0.2, -0.15) is 5.10 Å². The second-order valence-electron chi connectivity index (χ2n) is 4.57. The summed E-state index contributed by atoms with van der Waals surface area (Å²) in [6.07, 6.45) is 2.62. The summed E-state index contributed by atoms with van der Waals surface area (Å²) < 4.78 is 1.68. The highest BCUT2D eigenvalue weighted by atomic mass is 16.1. The number of carbonyl (C=O) groups is 1. The minimum atomic E-state index is -0.188. The Kier molecular flexibility index (Phi) is 3.97. The van der Waals surface area contributed by atoms with Crippen molar-refractivity contribution in [2.45, 2.75) is 19.4 Å². The van der Waals surface area contributed by atoms with E-state index in [-0.39, 0.29) is 11.9 Å². The zero-order valence-electron chi connectivity index (χ0n) is 11.1. The first-order valence-corrected chi connectivity index (χ1v) is 6.23. The van der Waals surface area contributed by atoms with Crippen molar-refractivity contribution in [2.24, 2.45) is 5.73 Å². The molecule has 0 aliphatic heterocycles. The summed E-state index contributed by atoms with van der Waals surface area (Å²) in [6.45, 7) is 1.98. The van der Waals surface area contributed by atoms with E-state index in [1.807, 2.05) is 31.2 Å². The molecule has 1 atom stereocenters. The van der Waals surface area contributed by atoms with Gasteiger partial charge in [0.2, 0.25) is 0 Å². The molecule has 2 aromatic rings. The van der Waals surface area contributed by atoms with Crippen molar-refractivity contribution in [1.29, 1.82) is 0 Å². The normalized spacial score (nSPS) is 12.2. The summed E-state index contributed by atoms with van der Waals surface area (Å²) in [5.41, 5.74) is 8.28. The van der Waals surface area contributed by atoms with E-state index in [0.717, 1.165) is 12.1 Å². The van der Waals surface area contributed by atoms with E-state index < -0.39 is 0 Å². The SMILES string of the molecule is CNC(=O)c1ccn(-c2ccc(CC(C)N)cc2)n1. The lowest BCUT2D eigenvalue weighted by atomic mass is 10.1. The first kappa shape index (κ1) is 13.3. The number of rotatable bonds is 4. The molecule has 0 saturated heterocycles. The van der Waals surface area contributed by atoms with Gasteiger partial charge in [0.1, 0.15) is 0 Å². The van der Waals surface area contributed by atoms with Crippen LogP contribution in [0.2, 0.25) is 0 Å². The van der Waals surface area contributed by atoms with Crippen molar-refractivity contribution in [3.8, 4) is 5.69 Å². The van der Waals surface area contributed by atoms with E-state index in [0.29, 0.717) is 5.69 Å². The summed E-state index contributed by atoms with van der Waals surface area (Å²) in [5.74, 6) is -0.188. The van der Waals surface area contributed by atoms with Gasteiger partial charge < -0.3 is 11.1 Å².